The van der Waals surface area contributed by atoms with Crippen LogP contribution in [0, 0.1) is 11.6 Å². The number of carbonyl (C=O) groups excluding carboxylic acids is 1. The van der Waals surface area contributed by atoms with Crippen LogP contribution in [0.3, 0.4) is 0 Å². The zero-order valence-corrected chi connectivity index (χ0v) is 14.4. The van der Waals surface area contributed by atoms with Crippen molar-refractivity contribution in [2.24, 2.45) is 7.05 Å². The lowest BCUT2D eigenvalue weighted by Gasteiger charge is -2.11. The first kappa shape index (κ1) is 18.9. The fraction of sp³-hybridized carbons (Fsp3) is 0.312. The van der Waals surface area contributed by atoms with E-state index in [1.807, 2.05) is 0 Å². The second-order valence-corrected chi connectivity index (χ2v) is 6.09. The molecule has 134 valence electrons. The second kappa shape index (κ2) is 8.11. The maximum absolute atomic E-state index is 13.3. The van der Waals surface area contributed by atoms with E-state index in [-0.39, 0.29) is 24.5 Å². The van der Waals surface area contributed by atoms with Gasteiger partial charge in [-0.05, 0) is 24.6 Å². The van der Waals surface area contributed by atoms with E-state index in [1.54, 1.807) is 6.92 Å². The van der Waals surface area contributed by atoms with Gasteiger partial charge in [-0.15, -0.1) is 0 Å². The average Bonchev–Trinajstić information content (AvgIpc) is 2.57. The van der Waals surface area contributed by atoms with Crippen LogP contribution in [0.2, 0.25) is 0 Å². The molecule has 0 aliphatic rings. The van der Waals surface area contributed by atoms with Crippen LogP contribution in [0.15, 0.2) is 38.9 Å². The molecule has 0 aliphatic carbocycles. The van der Waals surface area contributed by atoms with Crippen molar-refractivity contribution in [2.45, 2.75) is 18.5 Å². The molecule has 9 heteroatoms. The molecule has 0 atom stereocenters. The first-order valence-corrected chi connectivity index (χ1v) is 8.35. The fourth-order valence-corrected chi connectivity index (χ4v) is 2.90. The van der Waals surface area contributed by atoms with Crippen molar-refractivity contribution in [3.05, 3.63) is 62.3 Å². The molecule has 0 saturated carbocycles. The third-order valence-electron chi connectivity index (χ3n) is 3.33. The van der Waals surface area contributed by atoms with E-state index in [9.17, 15) is 23.2 Å². The number of rotatable bonds is 6. The minimum Gasteiger partial charge on any atom is -0.465 e. The van der Waals surface area contributed by atoms with Gasteiger partial charge in [-0.1, -0.05) is 17.8 Å². The van der Waals surface area contributed by atoms with Crippen LogP contribution in [0.25, 0.3) is 0 Å². The number of ether oxygens (including phenoxy) is 1. The lowest BCUT2D eigenvalue weighted by molar-refractivity contribution is -0.139. The predicted octanol–water partition coefficient (Wildman–Crippen LogP) is 1.53. The molecule has 2 aromatic rings. The van der Waals surface area contributed by atoms with Gasteiger partial charge in [-0.3, -0.25) is 18.7 Å². The first-order valence-electron chi connectivity index (χ1n) is 7.36. The molecule has 0 radical (unpaired) electrons. The third-order valence-corrected chi connectivity index (χ3v) is 4.40. The maximum Gasteiger partial charge on any atom is 0.331 e. The SMILES string of the molecule is CCOC(=O)CSc1cc(=O)n(Cc2ccc(F)c(F)c2)c(=O)n1C. The Labute approximate surface area is 146 Å². The average molecular weight is 370 g/mol. The smallest absolute Gasteiger partial charge is 0.331 e. The number of hydrogen-bond acceptors (Lipinski definition) is 5. The van der Waals surface area contributed by atoms with E-state index in [0.717, 1.165) is 28.5 Å². The molecule has 1 heterocycles. The Balaban J connectivity index is 2.28. The first-order chi connectivity index (χ1) is 11.8. The lowest BCUT2D eigenvalue weighted by Crippen LogP contribution is -2.39. The topological polar surface area (TPSA) is 70.3 Å². The molecule has 1 aromatic heterocycles. The van der Waals surface area contributed by atoms with E-state index in [4.69, 9.17) is 4.74 Å². The summed E-state index contributed by atoms with van der Waals surface area (Å²) < 4.78 is 33.1. The van der Waals surface area contributed by atoms with Gasteiger partial charge in [0.2, 0.25) is 0 Å². The van der Waals surface area contributed by atoms with Gasteiger partial charge in [-0.25, -0.2) is 13.6 Å². The van der Waals surface area contributed by atoms with Crippen molar-refractivity contribution in [3.63, 3.8) is 0 Å². The van der Waals surface area contributed by atoms with Crippen LogP contribution in [-0.2, 0) is 23.1 Å². The van der Waals surface area contributed by atoms with E-state index in [1.165, 1.54) is 23.7 Å². The van der Waals surface area contributed by atoms with Crippen molar-refractivity contribution >= 4 is 17.7 Å². The van der Waals surface area contributed by atoms with Crippen molar-refractivity contribution in [3.8, 4) is 0 Å². The summed E-state index contributed by atoms with van der Waals surface area (Å²) in [6.45, 7) is 1.73. The Morgan fingerprint density at radius 1 is 1.20 bits per heavy atom. The fourth-order valence-electron chi connectivity index (χ4n) is 2.09. The predicted molar refractivity (Wildman–Crippen MR) is 88.8 cm³/mol. The molecule has 0 aliphatic heterocycles. The van der Waals surface area contributed by atoms with Crippen LogP contribution < -0.4 is 11.2 Å². The Morgan fingerprint density at radius 3 is 2.56 bits per heavy atom. The highest BCUT2D eigenvalue weighted by Crippen LogP contribution is 2.14. The molecule has 0 amide bonds. The summed E-state index contributed by atoms with van der Waals surface area (Å²) in [6, 6.07) is 4.38. The molecule has 25 heavy (non-hydrogen) atoms. The molecule has 0 N–H and O–H groups in total. The monoisotopic (exact) mass is 370 g/mol. The summed E-state index contributed by atoms with van der Waals surface area (Å²) in [4.78, 5) is 35.9. The van der Waals surface area contributed by atoms with Gasteiger partial charge in [0.15, 0.2) is 11.6 Å². The number of esters is 1. The number of thioether (sulfide) groups is 1. The summed E-state index contributed by atoms with van der Waals surface area (Å²) in [5.74, 6) is -2.54. The second-order valence-electron chi connectivity index (χ2n) is 5.09. The number of nitrogens with zero attached hydrogens (tertiary/aromatic N) is 2. The Bertz CT molecular complexity index is 908. The zero-order valence-electron chi connectivity index (χ0n) is 13.6. The van der Waals surface area contributed by atoms with Gasteiger partial charge >= 0.3 is 11.7 Å². The van der Waals surface area contributed by atoms with Gasteiger partial charge in [-0.2, -0.15) is 0 Å². The Morgan fingerprint density at radius 2 is 1.92 bits per heavy atom. The van der Waals surface area contributed by atoms with Crippen LogP contribution in [0.5, 0.6) is 0 Å². The van der Waals surface area contributed by atoms with Gasteiger partial charge in [0.1, 0.15) is 0 Å². The number of carbonyl (C=O) groups is 1. The summed E-state index contributed by atoms with van der Waals surface area (Å²) in [7, 11) is 1.46. The quantitative estimate of drug-likeness (QED) is 0.438. The standard InChI is InChI=1S/C16H16F2N2O4S/c1-3-24-15(22)9-25-14-7-13(21)20(16(23)19(14)2)8-10-4-5-11(17)12(18)6-10/h4-7H,3,8-9H2,1-2H3. The number of benzene rings is 1. The summed E-state index contributed by atoms with van der Waals surface area (Å²) in [5, 5.41) is 0.310. The minimum atomic E-state index is -1.05. The summed E-state index contributed by atoms with van der Waals surface area (Å²) >= 11 is 1.01. The lowest BCUT2D eigenvalue weighted by atomic mass is 10.2. The summed E-state index contributed by atoms with van der Waals surface area (Å²) in [5.41, 5.74) is -0.937. The maximum atomic E-state index is 13.3. The van der Waals surface area contributed by atoms with Crippen LogP contribution in [-0.4, -0.2) is 27.5 Å². The third kappa shape index (κ3) is 4.56. The Hall–Kier alpha value is -2.42. The molecule has 6 nitrogen and oxygen atoms in total. The highest BCUT2D eigenvalue weighted by atomic mass is 32.2. The molecule has 0 unspecified atom stereocenters. The molecule has 0 fully saturated rings. The molecule has 0 bridgehead atoms. The van der Waals surface area contributed by atoms with Crippen molar-refractivity contribution in [1.82, 2.24) is 9.13 Å². The molecule has 1 aromatic carbocycles. The molecule has 0 saturated heterocycles. The van der Waals surface area contributed by atoms with E-state index < -0.39 is 28.9 Å². The van der Waals surface area contributed by atoms with Crippen molar-refractivity contribution in [1.29, 1.82) is 0 Å². The Kier molecular flexibility index (Phi) is 6.13. The van der Waals surface area contributed by atoms with Crippen molar-refractivity contribution in [2.75, 3.05) is 12.4 Å². The number of halogens is 2. The summed E-state index contributed by atoms with van der Waals surface area (Å²) in [6.07, 6.45) is 0. The van der Waals surface area contributed by atoms with Gasteiger partial charge < -0.3 is 4.74 Å². The zero-order chi connectivity index (χ0) is 18.6. The van der Waals surface area contributed by atoms with Gasteiger partial charge in [0.05, 0.1) is 23.9 Å². The molecule has 2 rings (SSSR count). The largest absolute Gasteiger partial charge is 0.465 e. The normalized spacial score (nSPS) is 10.7. The molecule has 0 spiro atoms. The highest BCUT2D eigenvalue weighted by Gasteiger charge is 2.12. The number of hydrogen-bond donors (Lipinski definition) is 0. The van der Waals surface area contributed by atoms with Crippen LogP contribution in [0.4, 0.5) is 8.78 Å². The van der Waals surface area contributed by atoms with Crippen molar-refractivity contribution < 1.29 is 18.3 Å². The van der Waals surface area contributed by atoms with Crippen LogP contribution >= 0.6 is 11.8 Å². The highest BCUT2D eigenvalue weighted by molar-refractivity contribution is 7.99. The van der Waals surface area contributed by atoms with E-state index in [2.05, 4.69) is 0 Å². The minimum absolute atomic E-state index is 0.0340. The number of aromatic nitrogens is 2. The van der Waals surface area contributed by atoms with Gasteiger partial charge in [0, 0.05) is 13.1 Å². The van der Waals surface area contributed by atoms with E-state index in [0.29, 0.717) is 5.03 Å². The molecular formula is C16H16F2N2O4S. The van der Waals surface area contributed by atoms with E-state index >= 15 is 0 Å². The molecular weight excluding hydrogens is 354 g/mol. The van der Waals surface area contributed by atoms with Crippen LogP contribution in [0.1, 0.15) is 12.5 Å². The van der Waals surface area contributed by atoms with Gasteiger partial charge in [0.25, 0.3) is 5.56 Å².